The second kappa shape index (κ2) is 19.8. The lowest BCUT2D eigenvalue weighted by atomic mass is 9.94. The van der Waals surface area contributed by atoms with Crippen LogP contribution in [0.4, 0.5) is 0 Å². The first-order valence-electron chi connectivity index (χ1n) is 15.2. The van der Waals surface area contributed by atoms with Gasteiger partial charge < -0.3 is 4.74 Å². The maximum absolute atomic E-state index is 12.5. The molecule has 2 aromatic carbocycles. The number of benzene rings is 2. The van der Waals surface area contributed by atoms with Gasteiger partial charge in [-0.05, 0) is 35.4 Å². The Morgan fingerprint density at radius 1 is 0.744 bits per heavy atom. The number of hydrogen-bond donors (Lipinski definition) is 0. The lowest BCUT2D eigenvalue weighted by Gasteiger charge is -2.09. The summed E-state index contributed by atoms with van der Waals surface area (Å²) in [6, 6.07) is 10.3. The van der Waals surface area contributed by atoms with Gasteiger partial charge in [0.2, 0.25) is 0 Å². The average molecular weight is 531 g/mol. The van der Waals surface area contributed by atoms with Crippen LogP contribution in [0.5, 0.6) is 0 Å². The molecule has 0 fully saturated rings. The molecule has 210 valence electrons. The lowest BCUT2D eigenvalue weighted by molar-refractivity contribution is 0.0497. The Labute approximate surface area is 235 Å². The van der Waals surface area contributed by atoms with E-state index in [1.54, 1.807) is 18.2 Å². The van der Waals surface area contributed by atoms with E-state index in [0.717, 1.165) is 12.8 Å². The molecular formula is C34H46N2O3. The van der Waals surface area contributed by atoms with Gasteiger partial charge in [-0.2, -0.15) is 10.5 Å². The summed E-state index contributed by atoms with van der Waals surface area (Å²) in [6.45, 7) is 2.65. The summed E-state index contributed by atoms with van der Waals surface area (Å²) in [5.41, 5.74) is 0.724. The number of aldehydes is 1. The summed E-state index contributed by atoms with van der Waals surface area (Å²) in [7, 11) is 0. The van der Waals surface area contributed by atoms with E-state index >= 15 is 0 Å². The molecular weight excluding hydrogens is 484 g/mol. The van der Waals surface area contributed by atoms with Crippen molar-refractivity contribution >= 4 is 23.0 Å². The van der Waals surface area contributed by atoms with Gasteiger partial charge in [0.05, 0.1) is 23.3 Å². The van der Waals surface area contributed by atoms with Gasteiger partial charge in [-0.15, -0.1) is 0 Å². The number of carbonyl (C=O) groups is 2. The van der Waals surface area contributed by atoms with Crippen molar-refractivity contribution < 1.29 is 14.3 Å². The topological polar surface area (TPSA) is 90.9 Å². The Balaban J connectivity index is 1.52. The van der Waals surface area contributed by atoms with Gasteiger partial charge in [-0.25, -0.2) is 4.79 Å². The number of fused-ring (bicyclic) bond motifs is 1. The van der Waals surface area contributed by atoms with E-state index < -0.39 is 5.97 Å². The standard InChI is InChI=1S/C34H46N2O3/c1-2-3-4-5-6-7-8-9-10-11-12-13-14-15-16-17-18-19-22-39-34(38)28-20-21-31-29(23-28)24-30(25-35)32(26-36)33(31)27-37/h20-21,23-24,27H,2-19,22H2,1H3. The molecule has 39 heavy (non-hydrogen) atoms. The van der Waals surface area contributed by atoms with E-state index in [1.807, 2.05) is 12.1 Å². The molecule has 0 saturated heterocycles. The third-order valence-corrected chi connectivity index (χ3v) is 7.50. The molecule has 5 nitrogen and oxygen atoms in total. The van der Waals surface area contributed by atoms with Gasteiger partial charge in [0.25, 0.3) is 0 Å². The zero-order valence-corrected chi connectivity index (χ0v) is 23.9. The second-order valence-corrected chi connectivity index (χ2v) is 10.6. The number of esters is 1. The number of ether oxygens (including phenoxy) is 1. The molecule has 2 aromatic rings. The predicted octanol–water partition coefficient (Wildman–Crippen LogP) is 9.59. The van der Waals surface area contributed by atoms with Gasteiger partial charge in [0.1, 0.15) is 12.1 Å². The smallest absolute Gasteiger partial charge is 0.338 e. The van der Waals surface area contributed by atoms with Gasteiger partial charge >= 0.3 is 5.97 Å². The summed E-state index contributed by atoms with van der Waals surface area (Å²) < 4.78 is 5.44. The van der Waals surface area contributed by atoms with E-state index in [1.165, 1.54) is 109 Å². The Morgan fingerprint density at radius 2 is 1.26 bits per heavy atom. The van der Waals surface area contributed by atoms with Crippen LogP contribution in [0, 0.1) is 22.7 Å². The average Bonchev–Trinajstić information content (AvgIpc) is 2.96. The van der Waals surface area contributed by atoms with Crippen LogP contribution >= 0.6 is 0 Å². The third kappa shape index (κ3) is 11.6. The summed E-state index contributed by atoms with van der Waals surface area (Å²) >= 11 is 0. The molecule has 0 saturated carbocycles. The SMILES string of the molecule is CCCCCCCCCCCCCCCCCCCCOC(=O)c1ccc2c(C=O)c(C#N)c(C#N)cc2c1. The van der Waals surface area contributed by atoms with Crippen LogP contribution in [0.2, 0.25) is 0 Å². The van der Waals surface area contributed by atoms with Crippen LogP contribution in [0.15, 0.2) is 24.3 Å². The quantitative estimate of drug-likeness (QED) is 0.0910. The van der Waals surface area contributed by atoms with Crippen molar-refractivity contribution in [2.24, 2.45) is 0 Å². The fourth-order valence-electron chi connectivity index (χ4n) is 5.14. The van der Waals surface area contributed by atoms with Crippen molar-refractivity contribution in [3.8, 4) is 12.1 Å². The number of rotatable bonds is 21. The van der Waals surface area contributed by atoms with Gasteiger partial charge in [-0.1, -0.05) is 122 Å². The van der Waals surface area contributed by atoms with E-state index in [9.17, 15) is 20.1 Å². The monoisotopic (exact) mass is 530 g/mol. The van der Waals surface area contributed by atoms with Crippen LogP contribution in [-0.2, 0) is 4.74 Å². The summed E-state index contributed by atoms with van der Waals surface area (Å²) in [6.07, 6.45) is 24.2. The van der Waals surface area contributed by atoms with E-state index in [4.69, 9.17) is 4.74 Å². The van der Waals surface area contributed by atoms with Crippen LogP contribution in [-0.4, -0.2) is 18.9 Å². The number of nitrogens with zero attached hydrogens (tertiary/aromatic N) is 2. The third-order valence-electron chi connectivity index (χ3n) is 7.50. The normalized spacial score (nSPS) is 10.7. The molecule has 0 aliphatic carbocycles. The summed E-state index contributed by atoms with van der Waals surface area (Å²) in [5.74, 6) is -0.417. The first kappa shape index (κ1) is 32.0. The number of nitriles is 2. The van der Waals surface area contributed by atoms with Crippen LogP contribution in [0.3, 0.4) is 0 Å². The fraction of sp³-hybridized carbons (Fsp3) is 0.588. The molecule has 0 amide bonds. The van der Waals surface area contributed by atoms with Crippen molar-refractivity contribution in [2.45, 2.75) is 122 Å². The maximum atomic E-state index is 12.5. The molecule has 0 aliphatic heterocycles. The van der Waals surface area contributed by atoms with Gasteiger partial charge in [0.15, 0.2) is 6.29 Å². The number of unbranched alkanes of at least 4 members (excludes halogenated alkanes) is 17. The van der Waals surface area contributed by atoms with Crippen molar-refractivity contribution in [1.82, 2.24) is 0 Å². The Morgan fingerprint density at radius 3 is 1.72 bits per heavy atom. The largest absolute Gasteiger partial charge is 0.462 e. The molecule has 0 spiro atoms. The van der Waals surface area contributed by atoms with Gasteiger partial charge in [-0.3, -0.25) is 4.79 Å². The highest BCUT2D eigenvalue weighted by Crippen LogP contribution is 2.26. The first-order valence-corrected chi connectivity index (χ1v) is 15.2. The minimum absolute atomic E-state index is 0.0596. The Bertz CT molecular complexity index is 1110. The van der Waals surface area contributed by atoms with Crippen LogP contribution < -0.4 is 0 Å². The van der Waals surface area contributed by atoms with Crippen molar-refractivity contribution in [3.63, 3.8) is 0 Å². The minimum Gasteiger partial charge on any atom is -0.462 e. The molecule has 5 heteroatoms. The predicted molar refractivity (Wildman–Crippen MR) is 158 cm³/mol. The Hall–Kier alpha value is -3.18. The zero-order chi connectivity index (χ0) is 28.1. The van der Waals surface area contributed by atoms with Gasteiger partial charge in [0, 0.05) is 5.56 Å². The highest BCUT2D eigenvalue weighted by molar-refractivity contribution is 6.04. The Kier molecular flexibility index (Phi) is 16.3. The molecule has 0 unspecified atom stereocenters. The second-order valence-electron chi connectivity index (χ2n) is 10.6. The molecule has 0 atom stereocenters. The molecule has 0 bridgehead atoms. The highest BCUT2D eigenvalue weighted by atomic mass is 16.5. The summed E-state index contributed by atoms with van der Waals surface area (Å²) in [5, 5.41) is 19.7. The maximum Gasteiger partial charge on any atom is 0.338 e. The lowest BCUT2D eigenvalue weighted by Crippen LogP contribution is -2.07. The molecule has 2 rings (SSSR count). The van der Waals surface area contributed by atoms with Crippen molar-refractivity contribution in [3.05, 3.63) is 46.5 Å². The highest BCUT2D eigenvalue weighted by Gasteiger charge is 2.15. The molecule has 0 aliphatic rings. The molecule has 0 radical (unpaired) electrons. The number of carbonyl (C=O) groups excluding carboxylic acids is 2. The van der Waals surface area contributed by atoms with Crippen LogP contribution in [0.25, 0.3) is 10.8 Å². The number of hydrogen-bond acceptors (Lipinski definition) is 5. The van der Waals surface area contributed by atoms with Crippen molar-refractivity contribution in [1.29, 1.82) is 10.5 Å². The molecule has 0 N–H and O–H groups in total. The van der Waals surface area contributed by atoms with Crippen molar-refractivity contribution in [2.75, 3.05) is 6.61 Å². The van der Waals surface area contributed by atoms with Crippen LogP contribution in [0.1, 0.15) is 154 Å². The zero-order valence-electron chi connectivity index (χ0n) is 23.9. The first-order chi connectivity index (χ1) is 19.2. The minimum atomic E-state index is -0.417. The van der Waals surface area contributed by atoms with E-state index in [-0.39, 0.29) is 16.7 Å². The fourth-order valence-corrected chi connectivity index (χ4v) is 5.14. The summed E-state index contributed by atoms with van der Waals surface area (Å²) in [4.78, 5) is 24.0. The molecule has 0 heterocycles. The van der Waals surface area contributed by atoms with E-state index in [0.29, 0.717) is 29.2 Å². The van der Waals surface area contributed by atoms with E-state index in [2.05, 4.69) is 6.92 Å². The molecule has 0 aromatic heterocycles.